The summed E-state index contributed by atoms with van der Waals surface area (Å²) >= 11 is 1.99. The highest BCUT2D eigenvalue weighted by Crippen LogP contribution is 2.28. The van der Waals surface area contributed by atoms with Crippen molar-refractivity contribution in [3.8, 4) is 0 Å². The SMILES string of the molecule is Cc1ccc(SC(C)C)c(CCN2CCNCC2)c1. The predicted molar refractivity (Wildman–Crippen MR) is 85.2 cm³/mol. The molecule has 106 valence electrons. The van der Waals surface area contributed by atoms with Crippen molar-refractivity contribution >= 4 is 11.8 Å². The number of benzene rings is 1. The summed E-state index contributed by atoms with van der Waals surface area (Å²) in [5, 5.41) is 4.07. The lowest BCUT2D eigenvalue weighted by Gasteiger charge is -2.27. The molecule has 0 aliphatic carbocycles. The minimum Gasteiger partial charge on any atom is -0.314 e. The normalized spacial score (nSPS) is 17.1. The van der Waals surface area contributed by atoms with Crippen LogP contribution in [0.3, 0.4) is 0 Å². The van der Waals surface area contributed by atoms with Gasteiger partial charge in [0.05, 0.1) is 0 Å². The highest BCUT2D eigenvalue weighted by atomic mass is 32.2. The van der Waals surface area contributed by atoms with Crippen LogP contribution >= 0.6 is 11.8 Å². The number of nitrogens with zero attached hydrogens (tertiary/aromatic N) is 1. The number of hydrogen-bond acceptors (Lipinski definition) is 3. The van der Waals surface area contributed by atoms with E-state index in [2.05, 4.69) is 49.2 Å². The Morgan fingerprint density at radius 3 is 2.68 bits per heavy atom. The fraction of sp³-hybridized carbons (Fsp3) is 0.625. The first-order valence-electron chi connectivity index (χ1n) is 7.34. The second kappa shape index (κ2) is 7.32. The number of hydrogen-bond donors (Lipinski definition) is 1. The summed E-state index contributed by atoms with van der Waals surface area (Å²) < 4.78 is 0. The molecule has 1 heterocycles. The van der Waals surface area contributed by atoms with Gasteiger partial charge < -0.3 is 10.2 Å². The highest BCUT2D eigenvalue weighted by Gasteiger charge is 2.11. The molecule has 0 aromatic heterocycles. The zero-order valence-electron chi connectivity index (χ0n) is 12.4. The first-order chi connectivity index (χ1) is 9.15. The molecule has 3 heteroatoms. The third-order valence-electron chi connectivity index (χ3n) is 3.49. The molecule has 1 aromatic rings. The van der Waals surface area contributed by atoms with Crippen LogP contribution in [0.5, 0.6) is 0 Å². The summed E-state index contributed by atoms with van der Waals surface area (Å²) in [6, 6.07) is 6.90. The van der Waals surface area contributed by atoms with E-state index < -0.39 is 0 Å². The van der Waals surface area contributed by atoms with Crippen LogP contribution in [0.25, 0.3) is 0 Å². The van der Waals surface area contributed by atoms with Crippen molar-refractivity contribution in [1.82, 2.24) is 10.2 Å². The van der Waals surface area contributed by atoms with E-state index in [1.54, 1.807) is 0 Å². The van der Waals surface area contributed by atoms with Gasteiger partial charge in [-0.15, -0.1) is 11.8 Å². The van der Waals surface area contributed by atoms with Gasteiger partial charge in [-0.05, 0) is 25.0 Å². The van der Waals surface area contributed by atoms with Crippen LogP contribution in [0, 0.1) is 6.92 Å². The fourth-order valence-corrected chi connectivity index (χ4v) is 3.45. The molecule has 1 aliphatic rings. The summed E-state index contributed by atoms with van der Waals surface area (Å²) in [4.78, 5) is 4.04. The molecule has 1 fully saturated rings. The van der Waals surface area contributed by atoms with Crippen LogP contribution in [-0.2, 0) is 6.42 Å². The Bertz CT molecular complexity index is 398. The number of rotatable bonds is 5. The number of nitrogens with one attached hydrogen (secondary N) is 1. The van der Waals surface area contributed by atoms with E-state index in [4.69, 9.17) is 0 Å². The lowest BCUT2D eigenvalue weighted by atomic mass is 10.1. The monoisotopic (exact) mass is 278 g/mol. The predicted octanol–water partition coefficient (Wildman–Crippen LogP) is 2.94. The van der Waals surface area contributed by atoms with Gasteiger partial charge in [0.2, 0.25) is 0 Å². The van der Waals surface area contributed by atoms with Crippen molar-refractivity contribution in [3.05, 3.63) is 29.3 Å². The molecular weight excluding hydrogens is 252 g/mol. The summed E-state index contributed by atoms with van der Waals surface area (Å²) in [5.41, 5.74) is 2.90. The molecule has 0 saturated carbocycles. The largest absolute Gasteiger partial charge is 0.314 e. The Morgan fingerprint density at radius 1 is 1.26 bits per heavy atom. The van der Waals surface area contributed by atoms with Gasteiger partial charge in [0.25, 0.3) is 0 Å². The van der Waals surface area contributed by atoms with Crippen molar-refractivity contribution in [2.75, 3.05) is 32.7 Å². The van der Waals surface area contributed by atoms with E-state index in [1.165, 1.54) is 42.1 Å². The average molecular weight is 278 g/mol. The third kappa shape index (κ3) is 4.83. The van der Waals surface area contributed by atoms with Gasteiger partial charge in [-0.3, -0.25) is 0 Å². The quantitative estimate of drug-likeness (QED) is 0.834. The minimum absolute atomic E-state index is 0.653. The van der Waals surface area contributed by atoms with Crippen LogP contribution in [0.1, 0.15) is 25.0 Å². The summed E-state index contributed by atoms with van der Waals surface area (Å²) in [7, 11) is 0. The Hall–Kier alpha value is -0.510. The molecular formula is C16H26N2S. The third-order valence-corrected chi connectivity index (χ3v) is 4.61. The molecule has 0 bridgehead atoms. The molecule has 19 heavy (non-hydrogen) atoms. The van der Waals surface area contributed by atoms with Crippen molar-refractivity contribution in [2.45, 2.75) is 37.3 Å². The van der Waals surface area contributed by atoms with Crippen molar-refractivity contribution in [1.29, 1.82) is 0 Å². The topological polar surface area (TPSA) is 15.3 Å². The smallest absolute Gasteiger partial charge is 0.0108 e. The van der Waals surface area contributed by atoms with Crippen molar-refractivity contribution < 1.29 is 0 Å². The summed E-state index contributed by atoms with van der Waals surface area (Å²) in [6.07, 6.45) is 1.18. The molecule has 1 aromatic carbocycles. The van der Waals surface area contributed by atoms with Gasteiger partial charge >= 0.3 is 0 Å². The molecule has 2 rings (SSSR count). The van der Waals surface area contributed by atoms with Gasteiger partial charge in [0, 0.05) is 42.9 Å². The van der Waals surface area contributed by atoms with Gasteiger partial charge in [0.15, 0.2) is 0 Å². The van der Waals surface area contributed by atoms with E-state index in [-0.39, 0.29) is 0 Å². The molecule has 2 nitrogen and oxygen atoms in total. The molecule has 0 atom stereocenters. The van der Waals surface area contributed by atoms with Crippen LogP contribution in [0.2, 0.25) is 0 Å². The first kappa shape index (κ1) is 14.9. The molecule has 1 saturated heterocycles. The molecule has 0 radical (unpaired) electrons. The molecule has 0 spiro atoms. The van der Waals surface area contributed by atoms with Gasteiger partial charge in [-0.25, -0.2) is 0 Å². The molecule has 1 N–H and O–H groups in total. The summed E-state index contributed by atoms with van der Waals surface area (Å²) in [6.45, 7) is 12.6. The van der Waals surface area contributed by atoms with E-state index in [0.29, 0.717) is 5.25 Å². The van der Waals surface area contributed by atoms with Gasteiger partial charge in [-0.2, -0.15) is 0 Å². The molecule has 0 unspecified atom stereocenters. The molecule has 1 aliphatic heterocycles. The maximum Gasteiger partial charge on any atom is 0.0108 e. The lowest BCUT2D eigenvalue weighted by molar-refractivity contribution is 0.243. The summed E-state index contributed by atoms with van der Waals surface area (Å²) in [5.74, 6) is 0. The minimum atomic E-state index is 0.653. The Kier molecular flexibility index (Phi) is 5.74. The standard InChI is InChI=1S/C16H26N2S/c1-13(2)19-16-5-4-14(3)12-15(16)6-9-18-10-7-17-8-11-18/h4-5,12-13,17H,6-11H2,1-3H3. The highest BCUT2D eigenvalue weighted by molar-refractivity contribution is 8.00. The maximum absolute atomic E-state index is 3.41. The van der Waals surface area contributed by atoms with Crippen LogP contribution in [0.15, 0.2) is 23.1 Å². The van der Waals surface area contributed by atoms with E-state index in [1.807, 2.05) is 11.8 Å². The average Bonchev–Trinajstić information content (AvgIpc) is 2.40. The fourth-order valence-electron chi connectivity index (χ4n) is 2.49. The van der Waals surface area contributed by atoms with Crippen LogP contribution in [-0.4, -0.2) is 42.9 Å². The lowest BCUT2D eigenvalue weighted by Crippen LogP contribution is -2.44. The number of aryl methyl sites for hydroxylation is 1. The Morgan fingerprint density at radius 2 is 2.00 bits per heavy atom. The van der Waals surface area contributed by atoms with Crippen LogP contribution in [0.4, 0.5) is 0 Å². The first-order valence-corrected chi connectivity index (χ1v) is 8.22. The molecule has 0 amide bonds. The van der Waals surface area contributed by atoms with Crippen LogP contribution < -0.4 is 5.32 Å². The zero-order valence-corrected chi connectivity index (χ0v) is 13.2. The zero-order chi connectivity index (χ0) is 13.7. The second-order valence-electron chi connectivity index (χ2n) is 5.62. The van der Waals surface area contributed by atoms with Gasteiger partial charge in [0.1, 0.15) is 0 Å². The van der Waals surface area contributed by atoms with E-state index >= 15 is 0 Å². The van der Waals surface area contributed by atoms with Gasteiger partial charge in [-0.1, -0.05) is 31.5 Å². The maximum atomic E-state index is 3.41. The Balaban J connectivity index is 1.98. The van der Waals surface area contributed by atoms with Crippen molar-refractivity contribution in [3.63, 3.8) is 0 Å². The number of thioether (sulfide) groups is 1. The second-order valence-corrected chi connectivity index (χ2v) is 7.24. The van der Waals surface area contributed by atoms with E-state index in [0.717, 1.165) is 13.1 Å². The number of piperazine rings is 1. The van der Waals surface area contributed by atoms with E-state index in [9.17, 15) is 0 Å². The Labute approximate surface area is 122 Å². The van der Waals surface area contributed by atoms with Crippen molar-refractivity contribution in [2.24, 2.45) is 0 Å².